The molecule has 2 heteroatoms. The number of hydrogen-bond donors (Lipinski definition) is 2. The van der Waals surface area contributed by atoms with Crippen LogP contribution in [0.2, 0.25) is 0 Å². The van der Waals surface area contributed by atoms with Crippen molar-refractivity contribution in [3.05, 3.63) is 29.3 Å². The van der Waals surface area contributed by atoms with Crippen LogP contribution in [0.25, 0.3) is 0 Å². The molecule has 2 N–H and O–H groups in total. The van der Waals surface area contributed by atoms with E-state index in [0.29, 0.717) is 5.56 Å². The van der Waals surface area contributed by atoms with Gasteiger partial charge in [-0.25, -0.2) is 0 Å². The van der Waals surface area contributed by atoms with Gasteiger partial charge >= 0.3 is 0 Å². The lowest BCUT2D eigenvalue weighted by Crippen LogP contribution is -1.98. The SMILES string of the molecule is CCCCCCCCCCCC(O)c1cccc(C)c1O. The third-order valence-corrected chi connectivity index (χ3v) is 4.21. The number of phenolic OH excluding ortho intramolecular Hbond substituents is 1. The molecule has 1 atom stereocenters. The highest BCUT2D eigenvalue weighted by atomic mass is 16.3. The van der Waals surface area contributed by atoms with E-state index >= 15 is 0 Å². The summed E-state index contributed by atoms with van der Waals surface area (Å²) >= 11 is 0. The molecule has 0 heterocycles. The fourth-order valence-corrected chi connectivity index (χ4v) is 2.75. The number of aliphatic hydroxyl groups excluding tert-OH is 1. The summed E-state index contributed by atoms with van der Waals surface area (Å²) in [6.07, 6.45) is 11.8. The fraction of sp³-hybridized carbons (Fsp3) is 0.684. The van der Waals surface area contributed by atoms with Crippen LogP contribution in [-0.4, -0.2) is 10.2 Å². The normalized spacial score (nSPS) is 12.5. The molecule has 0 aliphatic heterocycles. The quantitative estimate of drug-likeness (QED) is 0.517. The molecule has 1 unspecified atom stereocenters. The number of para-hydroxylation sites is 1. The Kier molecular flexibility index (Phi) is 9.16. The highest BCUT2D eigenvalue weighted by Crippen LogP contribution is 2.30. The second kappa shape index (κ2) is 10.7. The first-order valence-electron chi connectivity index (χ1n) is 8.63. The van der Waals surface area contributed by atoms with Crippen molar-refractivity contribution in [1.29, 1.82) is 0 Å². The lowest BCUT2D eigenvalue weighted by Gasteiger charge is -2.13. The standard InChI is InChI=1S/C19H32O2/c1-3-4-5-6-7-8-9-10-11-15-18(20)17-14-12-13-16(2)19(17)21/h12-14,18,20-21H,3-11,15H2,1-2H3. The van der Waals surface area contributed by atoms with Crippen LogP contribution >= 0.6 is 0 Å². The molecule has 1 rings (SSSR count). The molecule has 0 fully saturated rings. The summed E-state index contributed by atoms with van der Waals surface area (Å²) in [5, 5.41) is 20.1. The molecule has 21 heavy (non-hydrogen) atoms. The number of aromatic hydroxyl groups is 1. The Morgan fingerprint density at radius 3 is 2.10 bits per heavy atom. The maximum absolute atomic E-state index is 10.2. The number of rotatable bonds is 11. The molecule has 0 radical (unpaired) electrons. The van der Waals surface area contributed by atoms with E-state index in [2.05, 4.69) is 6.92 Å². The molecular weight excluding hydrogens is 260 g/mol. The van der Waals surface area contributed by atoms with Crippen LogP contribution < -0.4 is 0 Å². The minimum atomic E-state index is -0.533. The van der Waals surface area contributed by atoms with Gasteiger partial charge in [0, 0.05) is 5.56 Å². The third kappa shape index (κ3) is 6.99. The molecule has 1 aromatic carbocycles. The average molecular weight is 292 g/mol. The van der Waals surface area contributed by atoms with E-state index in [9.17, 15) is 10.2 Å². The summed E-state index contributed by atoms with van der Waals surface area (Å²) < 4.78 is 0. The fourth-order valence-electron chi connectivity index (χ4n) is 2.75. The van der Waals surface area contributed by atoms with Gasteiger partial charge in [-0.15, -0.1) is 0 Å². The summed E-state index contributed by atoms with van der Waals surface area (Å²) in [5.74, 6) is 0.251. The highest BCUT2D eigenvalue weighted by Gasteiger charge is 2.12. The topological polar surface area (TPSA) is 40.5 Å². The molecule has 0 aromatic heterocycles. The number of aliphatic hydroxyl groups is 1. The highest BCUT2D eigenvalue weighted by molar-refractivity contribution is 5.40. The van der Waals surface area contributed by atoms with Crippen LogP contribution in [0.5, 0.6) is 5.75 Å². The van der Waals surface area contributed by atoms with E-state index in [1.54, 1.807) is 0 Å². The molecule has 0 spiro atoms. The third-order valence-electron chi connectivity index (χ3n) is 4.21. The Hall–Kier alpha value is -1.02. The second-order valence-corrected chi connectivity index (χ2v) is 6.15. The summed E-state index contributed by atoms with van der Waals surface area (Å²) in [6.45, 7) is 4.11. The van der Waals surface area contributed by atoms with Crippen LogP contribution in [-0.2, 0) is 0 Å². The molecule has 0 amide bonds. The Balaban J connectivity index is 2.11. The zero-order valence-corrected chi connectivity index (χ0v) is 13.8. The smallest absolute Gasteiger partial charge is 0.124 e. The minimum absolute atomic E-state index is 0.251. The molecule has 1 aromatic rings. The molecule has 0 bridgehead atoms. The summed E-state index contributed by atoms with van der Waals surface area (Å²) in [5.41, 5.74) is 1.51. The van der Waals surface area contributed by atoms with Crippen molar-refractivity contribution in [3.8, 4) is 5.75 Å². The average Bonchev–Trinajstić information content (AvgIpc) is 2.48. The van der Waals surface area contributed by atoms with E-state index in [0.717, 1.165) is 18.4 Å². The molecule has 0 aliphatic rings. The number of phenols is 1. The van der Waals surface area contributed by atoms with E-state index in [4.69, 9.17) is 0 Å². The van der Waals surface area contributed by atoms with Crippen molar-refractivity contribution in [2.24, 2.45) is 0 Å². The first kappa shape index (κ1) is 18.0. The zero-order chi connectivity index (χ0) is 15.5. The van der Waals surface area contributed by atoms with Crippen molar-refractivity contribution >= 4 is 0 Å². The Morgan fingerprint density at radius 2 is 1.48 bits per heavy atom. The number of unbranched alkanes of at least 4 members (excludes halogenated alkanes) is 8. The van der Waals surface area contributed by atoms with Crippen molar-refractivity contribution in [2.45, 2.75) is 84.2 Å². The molecular formula is C19H32O2. The van der Waals surface area contributed by atoms with Crippen LogP contribution in [0.3, 0.4) is 0 Å². The monoisotopic (exact) mass is 292 g/mol. The zero-order valence-electron chi connectivity index (χ0n) is 13.8. The largest absolute Gasteiger partial charge is 0.507 e. The van der Waals surface area contributed by atoms with Gasteiger partial charge in [-0.2, -0.15) is 0 Å². The molecule has 0 aliphatic carbocycles. The van der Waals surface area contributed by atoms with Gasteiger partial charge in [-0.3, -0.25) is 0 Å². The van der Waals surface area contributed by atoms with Crippen LogP contribution in [0.4, 0.5) is 0 Å². The van der Waals surface area contributed by atoms with Gasteiger partial charge in [0.1, 0.15) is 5.75 Å². The molecule has 2 nitrogen and oxygen atoms in total. The number of aryl methyl sites for hydroxylation is 1. The van der Waals surface area contributed by atoms with Gasteiger partial charge in [-0.1, -0.05) is 82.9 Å². The van der Waals surface area contributed by atoms with Gasteiger partial charge in [-0.05, 0) is 18.9 Å². The molecule has 120 valence electrons. The van der Waals surface area contributed by atoms with Gasteiger partial charge in [0.15, 0.2) is 0 Å². The number of hydrogen-bond acceptors (Lipinski definition) is 2. The van der Waals surface area contributed by atoms with Crippen LogP contribution in [0, 0.1) is 6.92 Å². The first-order chi connectivity index (χ1) is 10.2. The van der Waals surface area contributed by atoms with Crippen molar-refractivity contribution in [2.75, 3.05) is 0 Å². The van der Waals surface area contributed by atoms with E-state index in [-0.39, 0.29) is 5.75 Å². The van der Waals surface area contributed by atoms with E-state index in [1.165, 1.54) is 51.4 Å². The lowest BCUT2D eigenvalue weighted by atomic mass is 9.99. The Bertz CT molecular complexity index is 387. The Morgan fingerprint density at radius 1 is 0.905 bits per heavy atom. The predicted molar refractivity (Wildman–Crippen MR) is 89.6 cm³/mol. The van der Waals surface area contributed by atoms with Gasteiger partial charge in [0.25, 0.3) is 0 Å². The van der Waals surface area contributed by atoms with Gasteiger partial charge < -0.3 is 10.2 Å². The Labute approximate surface area is 130 Å². The van der Waals surface area contributed by atoms with Crippen LogP contribution in [0.15, 0.2) is 18.2 Å². The number of benzene rings is 1. The summed E-state index contributed by atoms with van der Waals surface area (Å²) in [6, 6.07) is 5.58. The maximum Gasteiger partial charge on any atom is 0.124 e. The van der Waals surface area contributed by atoms with E-state index in [1.807, 2.05) is 25.1 Å². The van der Waals surface area contributed by atoms with Crippen LogP contribution in [0.1, 0.15) is 88.4 Å². The second-order valence-electron chi connectivity index (χ2n) is 6.15. The first-order valence-corrected chi connectivity index (χ1v) is 8.63. The summed E-state index contributed by atoms with van der Waals surface area (Å²) in [7, 11) is 0. The summed E-state index contributed by atoms with van der Waals surface area (Å²) in [4.78, 5) is 0. The lowest BCUT2D eigenvalue weighted by molar-refractivity contribution is 0.159. The molecule has 0 saturated carbocycles. The van der Waals surface area contributed by atoms with Gasteiger partial charge in [0.05, 0.1) is 6.10 Å². The minimum Gasteiger partial charge on any atom is -0.507 e. The van der Waals surface area contributed by atoms with Crippen molar-refractivity contribution < 1.29 is 10.2 Å². The van der Waals surface area contributed by atoms with Crippen molar-refractivity contribution in [1.82, 2.24) is 0 Å². The van der Waals surface area contributed by atoms with Crippen molar-refractivity contribution in [3.63, 3.8) is 0 Å². The maximum atomic E-state index is 10.2. The predicted octanol–water partition coefficient (Wildman–Crippen LogP) is 5.65. The van der Waals surface area contributed by atoms with E-state index < -0.39 is 6.10 Å². The molecule has 0 saturated heterocycles. The van der Waals surface area contributed by atoms with Gasteiger partial charge in [0.2, 0.25) is 0 Å².